The van der Waals surface area contributed by atoms with E-state index in [4.69, 9.17) is 4.74 Å². The fourth-order valence-corrected chi connectivity index (χ4v) is 3.25. The van der Waals surface area contributed by atoms with Crippen LogP contribution in [0.4, 0.5) is 0 Å². The Morgan fingerprint density at radius 3 is 1.33 bits per heavy atom. The van der Waals surface area contributed by atoms with Gasteiger partial charge in [0.25, 0.3) is 0 Å². The topological polar surface area (TPSA) is 9.23 Å². The lowest BCUT2D eigenvalue weighted by Gasteiger charge is -2.08. The summed E-state index contributed by atoms with van der Waals surface area (Å²) in [5.74, 6) is 0. The van der Waals surface area contributed by atoms with Gasteiger partial charge in [-0.05, 0) is 62.2 Å². The molecule has 1 nitrogen and oxygen atoms in total. The molecule has 124 valence electrons. The number of hydrogen-bond acceptors (Lipinski definition) is 1. The molecule has 2 aliphatic carbocycles. The van der Waals surface area contributed by atoms with E-state index in [1.54, 1.807) is 0 Å². The predicted molar refractivity (Wildman–Crippen MR) is 91.7 cm³/mol. The SMILES string of the molecule is CC1(CCCCCCOCCCCCCC2(C)CC2)CC1. The molecule has 0 heterocycles. The second-order valence-electron chi connectivity index (χ2n) is 8.56. The Kier molecular flexibility index (Phi) is 7.05. The van der Waals surface area contributed by atoms with Gasteiger partial charge in [-0.25, -0.2) is 0 Å². The summed E-state index contributed by atoms with van der Waals surface area (Å²) < 4.78 is 5.75. The smallest absolute Gasteiger partial charge is 0.0466 e. The van der Waals surface area contributed by atoms with E-state index < -0.39 is 0 Å². The molecule has 0 N–H and O–H groups in total. The minimum absolute atomic E-state index is 0.757. The Balaban J connectivity index is 1.22. The third-order valence-electron chi connectivity index (χ3n) is 5.85. The fraction of sp³-hybridized carbons (Fsp3) is 1.00. The molecule has 2 fully saturated rings. The molecular weight excluding hydrogens is 256 g/mol. The lowest BCUT2D eigenvalue weighted by atomic mass is 10.0. The maximum Gasteiger partial charge on any atom is 0.0466 e. The van der Waals surface area contributed by atoms with Crippen LogP contribution < -0.4 is 0 Å². The summed E-state index contributed by atoms with van der Waals surface area (Å²) in [5, 5.41) is 0. The lowest BCUT2D eigenvalue weighted by Crippen LogP contribution is -1.98. The van der Waals surface area contributed by atoms with Crippen LogP contribution in [0, 0.1) is 10.8 Å². The highest BCUT2D eigenvalue weighted by Crippen LogP contribution is 2.49. The Hall–Kier alpha value is -0.0400. The maximum absolute atomic E-state index is 5.75. The van der Waals surface area contributed by atoms with Crippen molar-refractivity contribution in [3.63, 3.8) is 0 Å². The molecule has 0 bridgehead atoms. The number of hydrogen-bond donors (Lipinski definition) is 0. The highest BCUT2D eigenvalue weighted by molar-refractivity contribution is 4.88. The molecule has 21 heavy (non-hydrogen) atoms. The summed E-state index contributed by atoms with van der Waals surface area (Å²) >= 11 is 0. The van der Waals surface area contributed by atoms with Crippen molar-refractivity contribution in [2.45, 2.75) is 104 Å². The first kappa shape index (κ1) is 17.3. The Labute approximate surface area is 133 Å². The normalized spacial score (nSPS) is 21.4. The average Bonchev–Trinajstić information content (AvgIpc) is 3.36. The van der Waals surface area contributed by atoms with Gasteiger partial charge in [-0.15, -0.1) is 0 Å². The summed E-state index contributed by atoms with van der Waals surface area (Å²) in [7, 11) is 0. The van der Waals surface area contributed by atoms with Crippen molar-refractivity contribution in [3.8, 4) is 0 Å². The van der Waals surface area contributed by atoms with E-state index in [0.717, 1.165) is 24.0 Å². The van der Waals surface area contributed by atoms with Crippen molar-refractivity contribution >= 4 is 0 Å². The van der Waals surface area contributed by atoms with Crippen LogP contribution >= 0.6 is 0 Å². The molecule has 0 atom stereocenters. The zero-order valence-corrected chi connectivity index (χ0v) is 14.7. The van der Waals surface area contributed by atoms with Gasteiger partial charge in [0.1, 0.15) is 0 Å². The molecule has 0 radical (unpaired) electrons. The molecule has 0 amide bonds. The summed E-state index contributed by atoms with van der Waals surface area (Å²) in [6.45, 7) is 6.88. The molecule has 0 spiro atoms. The van der Waals surface area contributed by atoms with E-state index >= 15 is 0 Å². The quantitative estimate of drug-likeness (QED) is 0.332. The molecule has 0 aromatic heterocycles. The van der Waals surface area contributed by atoms with Crippen LogP contribution in [-0.4, -0.2) is 13.2 Å². The molecule has 0 aliphatic heterocycles. The van der Waals surface area contributed by atoms with Gasteiger partial charge in [0.05, 0.1) is 0 Å². The van der Waals surface area contributed by atoms with Gasteiger partial charge >= 0.3 is 0 Å². The number of unbranched alkanes of at least 4 members (excludes halogenated alkanes) is 6. The number of ether oxygens (including phenoxy) is 1. The van der Waals surface area contributed by atoms with Crippen LogP contribution in [0.5, 0.6) is 0 Å². The van der Waals surface area contributed by atoms with Gasteiger partial charge in [-0.1, -0.05) is 52.4 Å². The maximum atomic E-state index is 5.75. The largest absolute Gasteiger partial charge is 0.381 e. The molecule has 2 rings (SSSR count). The second-order valence-corrected chi connectivity index (χ2v) is 8.56. The van der Waals surface area contributed by atoms with Gasteiger partial charge in [0.2, 0.25) is 0 Å². The van der Waals surface area contributed by atoms with E-state index in [-0.39, 0.29) is 0 Å². The summed E-state index contributed by atoms with van der Waals surface area (Å²) in [6, 6.07) is 0. The van der Waals surface area contributed by atoms with Crippen LogP contribution in [0.25, 0.3) is 0 Å². The first-order valence-corrected chi connectivity index (χ1v) is 9.70. The van der Waals surface area contributed by atoms with Crippen LogP contribution in [0.1, 0.15) is 104 Å². The molecule has 1 heteroatoms. The summed E-state index contributed by atoms with van der Waals surface area (Å²) in [4.78, 5) is 0. The minimum atomic E-state index is 0.757. The van der Waals surface area contributed by atoms with E-state index in [2.05, 4.69) is 13.8 Å². The predicted octanol–water partition coefficient (Wildman–Crippen LogP) is 6.50. The molecule has 0 aromatic rings. The monoisotopic (exact) mass is 294 g/mol. The highest BCUT2D eigenvalue weighted by Gasteiger charge is 2.36. The Bertz CT molecular complexity index is 248. The Morgan fingerprint density at radius 1 is 0.571 bits per heavy atom. The van der Waals surface area contributed by atoms with Crippen molar-refractivity contribution in [3.05, 3.63) is 0 Å². The zero-order valence-electron chi connectivity index (χ0n) is 14.7. The van der Waals surface area contributed by atoms with Crippen molar-refractivity contribution in [1.82, 2.24) is 0 Å². The van der Waals surface area contributed by atoms with Crippen LogP contribution in [0.15, 0.2) is 0 Å². The fourth-order valence-electron chi connectivity index (χ4n) is 3.25. The number of rotatable bonds is 14. The standard InChI is InChI=1S/C20H38O/c1-19(13-14-19)11-7-3-5-9-17-21-18-10-6-4-8-12-20(2)15-16-20/h3-18H2,1-2H3. The van der Waals surface area contributed by atoms with Gasteiger partial charge in [-0.2, -0.15) is 0 Å². The van der Waals surface area contributed by atoms with E-state index in [1.165, 1.54) is 89.9 Å². The molecular formula is C20H38O. The zero-order chi connectivity index (χ0) is 15.0. The van der Waals surface area contributed by atoms with Crippen molar-refractivity contribution < 1.29 is 4.74 Å². The molecule has 2 saturated carbocycles. The minimum Gasteiger partial charge on any atom is -0.381 e. The molecule has 0 saturated heterocycles. The van der Waals surface area contributed by atoms with E-state index in [9.17, 15) is 0 Å². The van der Waals surface area contributed by atoms with Gasteiger partial charge in [0, 0.05) is 13.2 Å². The molecule has 0 unspecified atom stereocenters. The van der Waals surface area contributed by atoms with Crippen molar-refractivity contribution in [1.29, 1.82) is 0 Å². The first-order valence-electron chi connectivity index (χ1n) is 9.70. The van der Waals surface area contributed by atoms with Gasteiger partial charge in [0.15, 0.2) is 0 Å². The van der Waals surface area contributed by atoms with Gasteiger partial charge in [-0.3, -0.25) is 0 Å². The van der Waals surface area contributed by atoms with Crippen molar-refractivity contribution in [2.75, 3.05) is 13.2 Å². The third-order valence-corrected chi connectivity index (χ3v) is 5.85. The van der Waals surface area contributed by atoms with Gasteiger partial charge < -0.3 is 4.74 Å². The lowest BCUT2D eigenvalue weighted by molar-refractivity contribution is 0.125. The summed E-state index contributed by atoms with van der Waals surface area (Å²) in [6.07, 6.45) is 19.9. The van der Waals surface area contributed by atoms with Crippen LogP contribution in [0.3, 0.4) is 0 Å². The van der Waals surface area contributed by atoms with E-state index in [0.29, 0.717) is 0 Å². The average molecular weight is 295 g/mol. The molecule has 2 aliphatic rings. The second kappa shape index (κ2) is 8.56. The van der Waals surface area contributed by atoms with Crippen LogP contribution in [0.2, 0.25) is 0 Å². The summed E-state index contributed by atoms with van der Waals surface area (Å²) in [5.41, 5.74) is 1.51. The van der Waals surface area contributed by atoms with Crippen LogP contribution in [-0.2, 0) is 4.74 Å². The van der Waals surface area contributed by atoms with E-state index in [1.807, 2.05) is 0 Å². The Morgan fingerprint density at radius 2 is 0.952 bits per heavy atom. The van der Waals surface area contributed by atoms with Crippen molar-refractivity contribution in [2.24, 2.45) is 10.8 Å². The molecule has 0 aromatic carbocycles. The first-order chi connectivity index (χ1) is 10.1. The highest BCUT2D eigenvalue weighted by atomic mass is 16.5. The third kappa shape index (κ3) is 8.24.